The Bertz CT molecular complexity index is 988. The van der Waals surface area contributed by atoms with Crippen LogP contribution in [0, 0.1) is 5.92 Å². The lowest BCUT2D eigenvalue weighted by Gasteiger charge is -2.36. The number of hydrogen-bond acceptors (Lipinski definition) is 5. The molecule has 0 saturated carbocycles. The molecule has 1 aromatic heterocycles. The fourth-order valence-electron chi connectivity index (χ4n) is 4.39. The van der Waals surface area contributed by atoms with Crippen molar-refractivity contribution in [2.24, 2.45) is 5.92 Å². The van der Waals surface area contributed by atoms with Gasteiger partial charge in [-0.05, 0) is 60.2 Å². The third kappa shape index (κ3) is 5.51. The molecule has 1 fully saturated rings. The molecule has 2 aromatic carbocycles. The first-order chi connectivity index (χ1) is 15.1. The molecule has 6 heteroatoms. The minimum atomic E-state index is -0.00839. The summed E-state index contributed by atoms with van der Waals surface area (Å²) in [5.74, 6) is 1.24. The lowest BCUT2D eigenvalue weighted by molar-refractivity contribution is -0.120. The van der Waals surface area contributed by atoms with E-state index < -0.39 is 0 Å². The van der Waals surface area contributed by atoms with E-state index in [9.17, 15) is 4.79 Å². The van der Waals surface area contributed by atoms with Crippen molar-refractivity contribution in [1.29, 1.82) is 0 Å². The van der Waals surface area contributed by atoms with Gasteiger partial charge in [-0.3, -0.25) is 9.69 Å². The maximum atomic E-state index is 11.8. The van der Waals surface area contributed by atoms with Gasteiger partial charge in [0, 0.05) is 31.6 Å². The molecule has 162 valence electrons. The summed E-state index contributed by atoms with van der Waals surface area (Å²) < 4.78 is 5.27. The van der Waals surface area contributed by atoms with Gasteiger partial charge in [-0.15, -0.1) is 11.3 Å². The first-order valence-corrected chi connectivity index (χ1v) is 11.6. The first kappa shape index (κ1) is 21.5. The topological polar surface area (TPSA) is 54.5 Å². The second-order valence-corrected chi connectivity index (χ2v) is 9.04. The minimum Gasteiger partial charge on any atom is -0.497 e. The van der Waals surface area contributed by atoms with E-state index in [1.165, 1.54) is 16.7 Å². The molecule has 0 bridgehead atoms. The smallest absolute Gasteiger partial charge is 0.217 e. The summed E-state index contributed by atoms with van der Waals surface area (Å²) in [6.45, 7) is 4.53. The molecular weight excluding hydrogens is 406 g/mol. The first-order valence-electron chi connectivity index (χ1n) is 10.7. The van der Waals surface area contributed by atoms with Gasteiger partial charge in [-0.1, -0.05) is 30.3 Å². The molecule has 0 spiro atoms. The molecule has 1 amide bonds. The highest BCUT2D eigenvalue weighted by molar-refractivity contribution is 7.09. The summed E-state index contributed by atoms with van der Waals surface area (Å²) in [5, 5.41) is 6.13. The quantitative estimate of drug-likeness (QED) is 0.573. The number of nitrogens with zero attached hydrogens (tertiary/aromatic N) is 2. The number of rotatable bonds is 7. The van der Waals surface area contributed by atoms with E-state index in [1.807, 2.05) is 23.7 Å². The summed E-state index contributed by atoms with van der Waals surface area (Å²) in [5.41, 5.74) is 3.71. The third-order valence-corrected chi connectivity index (χ3v) is 6.70. The molecule has 1 saturated heterocycles. The van der Waals surface area contributed by atoms with Crippen LogP contribution >= 0.6 is 11.3 Å². The van der Waals surface area contributed by atoms with E-state index >= 15 is 0 Å². The zero-order valence-electron chi connectivity index (χ0n) is 18.1. The van der Waals surface area contributed by atoms with Crippen molar-refractivity contribution >= 4 is 17.2 Å². The maximum Gasteiger partial charge on any atom is 0.217 e. The minimum absolute atomic E-state index is 0.00418. The SMILES string of the molecule is COc1ccc(-c2cccc(CN3CCC[C@H]([C@@H](NC(C)=O)c4nccs4)C3)c2)cc1. The van der Waals surface area contributed by atoms with Gasteiger partial charge in [0.15, 0.2) is 0 Å². The van der Waals surface area contributed by atoms with Gasteiger partial charge >= 0.3 is 0 Å². The van der Waals surface area contributed by atoms with Gasteiger partial charge in [0.05, 0.1) is 13.2 Å². The van der Waals surface area contributed by atoms with Gasteiger partial charge in [0.25, 0.3) is 0 Å². The monoisotopic (exact) mass is 435 g/mol. The van der Waals surface area contributed by atoms with E-state index in [4.69, 9.17) is 4.74 Å². The number of likely N-dealkylation sites (tertiary alicyclic amines) is 1. The van der Waals surface area contributed by atoms with Gasteiger partial charge in [-0.25, -0.2) is 4.98 Å². The standard InChI is InChI=1S/C25H29N3O2S/c1-18(29)27-24(25-26-12-14-31-25)22-7-4-13-28(17-22)16-19-5-3-6-21(15-19)20-8-10-23(30-2)11-9-20/h3,5-6,8-12,14-15,22,24H,4,7,13,16-17H2,1-2H3,(H,27,29)/t22-,24+/m0/s1. The van der Waals surface area contributed by atoms with E-state index in [1.54, 1.807) is 25.4 Å². The van der Waals surface area contributed by atoms with Crippen molar-refractivity contribution < 1.29 is 9.53 Å². The third-order valence-electron chi connectivity index (χ3n) is 5.85. The van der Waals surface area contributed by atoms with Crippen molar-refractivity contribution in [1.82, 2.24) is 15.2 Å². The average Bonchev–Trinajstić information content (AvgIpc) is 3.32. The van der Waals surface area contributed by atoms with Crippen molar-refractivity contribution in [2.45, 2.75) is 32.4 Å². The van der Waals surface area contributed by atoms with E-state index in [0.29, 0.717) is 5.92 Å². The molecule has 3 aromatic rings. The van der Waals surface area contributed by atoms with Gasteiger partial charge in [0.1, 0.15) is 10.8 Å². The van der Waals surface area contributed by atoms with Gasteiger partial charge < -0.3 is 10.1 Å². The molecule has 31 heavy (non-hydrogen) atoms. The van der Waals surface area contributed by atoms with Crippen LogP contribution in [0.15, 0.2) is 60.1 Å². The number of methoxy groups -OCH3 is 1. The molecule has 1 aliphatic heterocycles. The molecule has 0 aliphatic carbocycles. The Morgan fingerprint density at radius 2 is 2.10 bits per heavy atom. The van der Waals surface area contributed by atoms with Crippen LogP contribution in [0.1, 0.15) is 36.4 Å². The number of benzene rings is 2. The normalized spacial score (nSPS) is 17.8. The van der Waals surface area contributed by atoms with Crippen LogP contribution in [0.25, 0.3) is 11.1 Å². The summed E-state index contributed by atoms with van der Waals surface area (Å²) >= 11 is 1.62. The number of nitrogens with one attached hydrogen (secondary N) is 1. The molecule has 1 N–H and O–H groups in total. The van der Waals surface area contributed by atoms with Crippen LogP contribution in [0.2, 0.25) is 0 Å². The number of hydrogen-bond donors (Lipinski definition) is 1. The summed E-state index contributed by atoms with van der Waals surface area (Å²) in [6, 6.07) is 16.9. The fraction of sp³-hybridized carbons (Fsp3) is 0.360. The number of ether oxygens (including phenoxy) is 1. The molecule has 0 radical (unpaired) electrons. The molecule has 2 heterocycles. The van der Waals surface area contributed by atoms with Crippen LogP contribution in [0.5, 0.6) is 5.75 Å². The van der Waals surface area contributed by atoms with Crippen LogP contribution in [0.4, 0.5) is 0 Å². The Morgan fingerprint density at radius 3 is 2.81 bits per heavy atom. The number of thiazole rings is 1. The molecule has 0 unspecified atom stereocenters. The Hall–Kier alpha value is -2.70. The number of amides is 1. The van der Waals surface area contributed by atoms with Crippen LogP contribution < -0.4 is 10.1 Å². The molecule has 1 aliphatic rings. The van der Waals surface area contributed by atoms with E-state index in [2.05, 4.69) is 51.6 Å². The van der Waals surface area contributed by atoms with Gasteiger partial charge in [-0.2, -0.15) is 0 Å². The predicted octanol–water partition coefficient (Wildman–Crippen LogP) is 4.91. The average molecular weight is 436 g/mol. The molecule has 5 nitrogen and oxygen atoms in total. The van der Waals surface area contributed by atoms with Gasteiger partial charge in [0.2, 0.25) is 5.91 Å². The highest BCUT2D eigenvalue weighted by Gasteiger charge is 2.30. The molecule has 2 atom stereocenters. The largest absolute Gasteiger partial charge is 0.497 e. The Balaban J connectivity index is 1.46. The number of piperidine rings is 1. The second kappa shape index (κ2) is 10.1. The maximum absolute atomic E-state index is 11.8. The zero-order valence-corrected chi connectivity index (χ0v) is 18.9. The predicted molar refractivity (Wildman–Crippen MR) is 125 cm³/mol. The van der Waals surface area contributed by atoms with Crippen LogP contribution in [-0.2, 0) is 11.3 Å². The highest BCUT2D eigenvalue weighted by atomic mass is 32.1. The van der Waals surface area contributed by atoms with Crippen LogP contribution in [0.3, 0.4) is 0 Å². The Kier molecular flexibility index (Phi) is 6.99. The Morgan fingerprint density at radius 1 is 1.26 bits per heavy atom. The molecular formula is C25H29N3O2S. The van der Waals surface area contributed by atoms with E-state index in [-0.39, 0.29) is 11.9 Å². The lowest BCUT2D eigenvalue weighted by atomic mass is 9.90. The van der Waals surface area contributed by atoms with Crippen molar-refractivity contribution in [2.75, 3.05) is 20.2 Å². The fourth-order valence-corrected chi connectivity index (χ4v) is 5.17. The van der Waals surface area contributed by atoms with E-state index in [0.717, 1.165) is 43.2 Å². The number of carbonyl (C=O) groups excluding carboxylic acids is 1. The summed E-state index contributed by atoms with van der Waals surface area (Å²) in [7, 11) is 1.69. The summed E-state index contributed by atoms with van der Waals surface area (Å²) in [4.78, 5) is 18.8. The Labute approximate surface area is 188 Å². The zero-order chi connectivity index (χ0) is 21.6. The second-order valence-electron chi connectivity index (χ2n) is 8.11. The summed E-state index contributed by atoms with van der Waals surface area (Å²) in [6.07, 6.45) is 4.05. The van der Waals surface area contributed by atoms with Crippen molar-refractivity contribution in [3.63, 3.8) is 0 Å². The van der Waals surface area contributed by atoms with Crippen LogP contribution in [-0.4, -0.2) is 36.0 Å². The molecule has 4 rings (SSSR count). The highest BCUT2D eigenvalue weighted by Crippen LogP contribution is 2.32. The van der Waals surface area contributed by atoms with Crippen molar-refractivity contribution in [3.8, 4) is 16.9 Å². The lowest BCUT2D eigenvalue weighted by Crippen LogP contribution is -2.42. The van der Waals surface area contributed by atoms with Crippen molar-refractivity contribution in [3.05, 3.63) is 70.7 Å². The number of aromatic nitrogens is 1. The number of carbonyl (C=O) groups is 1.